The quantitative estimate of drug-likeness (QED) is 0.570. The number of sulfone groups is 1. The highest BCUT2D eigenvalue weighted by Crippen LogP contribution is 2.20. The van der Waals surface area contributed by atoms with Crippen LogP contribution in [0.15, 0.2) is 0 Å². The molecule has 1 heterocycles. The molecule has 0 aliphatic carbocycles. The summed E-state index contributed by atoms with van der Waals surface area (Å²) < 4.78 is 53.8. The molecular formula is C10H20N2O6S2. The highest BCUT2D eigenvalue weighted by Gasteiger charge is 2.37. The maximum Gasteiger partial charge on any atom is 0.306 e. The van der Waals surface area contributed by atoms with Crippen molar-refractivity contribution in [1.29, 1.82) is 0 Å². The van der Waals surface area contributed by atoms with Crippen LogP contribution in [0.25, 0.3) is 0 Å². The van der Waals surface area contributed by atoms with Crippen molar-refractivity contribution in [3.05, 3.63) is 0 Å². The fourth-order valence-corrected chi connectivity index (χ4v) is 5.12. The summed E-state index contributed by atoms with van der Waals surface area (Å²) in [4.78, 5) is 11.0. The van der Waals surface area contributed by atoms with Gasteiger partial charge in [0.05, 0.1) is 25.0 Å². The van der Waals surface area contributed by atoms with E-state index in [-0.39, 0.29) is 24.5 Å². The summed E-state index contributed by atoms with van der Waals surface area (Å²) in [6.07, 6.45) is 0.242. The summed E-state index contributed by atoms with van der Waals surface area (Å²) in [7, 11) is -3.01. The van der Waals surface area contributed by atoms with Gasteiger partial charge in [-0.3, -0.25) is 4.79 Å². The summed E-state index contributed by atoms with van der Waals surface area (Å²) in [5.74, 6) is -0.657. The van der Waals surface area contributed by atoms with Gasteiger partial charge in [0.15, 0.2) is 9.84 Å². The van der Waals surface area contributed by atoms with Gasteiger partial charge in [-0.1, -0.05) is 0 Å². The molecular weight excluding hydrogens is 308 g/mol. The maximum absolute atomic E-state index is 12.2. The first-order valence-corrected chi connectivity index (χ1v) is 9.28. The van der Waals surface area contributed by atoms with Crippen LogP contribution in [0.1, 0.15) is 12.8 Å². The molecule has 20 heavy (non-hydrogen) atoms. The second-order valence-corrected chi connectivity index (χ2v) is 9.05. The molecule has 0 N–H and O–H groups in total. The van der Waals surface area contributed by atoms with Crippen LogP contribution in [0.4, 0.5) is 0 Å². The molecule has 1 rings (SSSR count). The van der Waals surface area contributed by atoms with Gasteiger partial charge < -0.3 is 4.74 Å². The van der Waals surface area contributed by atoms with Crippen LogP contribution >= 0.6 is 0 Å². The molecule has 0 aromatic carbocycles. The average Bonchev–Trinajstić information content (AvgIpc) is 2.74. The number of rotatable bonds is 6. The highest BCUT2D eigenvalue weighted by molar-refractivity contribution is 7.91. The van der Waals surface area contributed by atoms with Gasteiger partial charge >= 0.3 is 5.97 Å². The largest absolute Gasteiger partial charge is 0.469 e. The minimum absolute atomic E-state index is 0.00337. The fourth-order valence-electron chi connectivity index (χ4n) is 1.94. The first kappa shape index (κ1) is 17.3. The van der Waals surface area contributed by atoms with E-state index in [1.165, 1.54) is 21.2 Å². The van der Waals surface area contributed by atoms with Crippen LogP contribution in [0.2, 0.25) is 0 Å². The molecule has 0 saturated carbocycles. The molecule has 0 bridgehead atoms. The van der Waals surface area contributed by atoms with Crippen LogP contribution in [-0.4, -0.2) is 76.7 Å². The molecule has 0 amide bonds. The molecule has 0 aromatic heterocycles. The average molecular weight is 328 g/mol. The van der Waals surface area contributed by atoms with Gasteiger partial charge in [0.1, 0.15) is 0 Å². The second kappa shape index (κ2) is 6.37. The zero-order valence-corrected chi connectivity index (χ0v) is 13.4. The Morgan fingerprint density at radius 3 is 2.40 bits per heavy atom. The molecule has 118 valence electrons. The Bertz CT molecular complexity index is 556. The van der Waals surface area contributed by atoms with Crippen molar-refractivity contribution < 1.29 is 26.4 Å². The topological polar surface area (TPSA) is 101 Å². The molecule has 8 nitrogen and oxygen atoms in total. The van der Waals surface area contributed by atoms with E-state index in [1.54, 1.807) is 0 Å². The van der Waals surface area contributed by atoms with E-state index >= 15 is 0 Å². The third-order valence-electron chi connectivity index (χ3n) is 3.34. The predicted molar refractivity (Wildman–Crippen MR) is 73.0 cm³/mol. The van der Waals surface area contributed by atoms with Crippen LogP contribution in [0, 0.1) is 0 Å². The van der Waals surface area contributed by atoms with Gasteiger partial charge in [-0.05, 0) is 6.42 Å². The van der Waals surface area contributed by atoms with Crippen molar-refractivity contribution in [3.8, 4) is 0 Å². The van der Waals surface area contributed by atoms with Gasteiger partial charge in [-0.2, -0.15) is 17.0 Å². The summed E-state index contributed by atoms with van der Waals surface area (Å²) in [5, 5.41) is 0. The van der Waals surface area contributed by atoms with Crippen LogP contribution in [-0.2, 0) is 29.6 Å². The number of nitrogens with zero attached hydrogens (tertiary/aromatic N) is 2. The fraction of sp³-hybridized carbons (Fsp3) is 0.900. The molecule has 0 radical (unpaired) electrons. The lowest BCUT2D eigenvalue weighted by molar-refractivity contribution is -0.140. The lowest BCUT2D eigenvalue weighted by Crippen LogP contribution is -2.46. The van der Waals surface area contributed by atoms with E-state index in [9.17, 15) is 21.6 Å². The first-order chi connectivity index (χ1) is 9.10. The molecule has 1 aliphatic rings. The number of esters is 1. The molecule has 10 heteroatoms. The van der Waals surface area contributed by atoms with E-state index in [2.05, 4.69) is 4.74 Å². The smallest absolute Gasteiger partial charge is 0.306 e. The summed E-state index contributed by atoms with van der Waals surface area (Å²) in [6.45, 7) is -0.0151. The van der Waals surface area contributed by atoms with Crippen LogP contribution < -0.4 is 0 Å². The number of hydrogen-bond donors (Lipinski definition) is 0. The standard InChI is InChI=1S/C10H20N2O6S2/c1-11(6-4-10(13)18-3)20(16,17)12(2)9-5-7-19(14,15)8-9/h9H,4-8H2,1-3H3. The van der Waals surface area contributed by atoms with Gasteiger partial charge in [0.2, 0.25) is 0 Å². The van der Waals surface area contributed by atoms with Gasteiger partial charge in [-0.25, -0.2) is 8.42 Å². The van der Waals surface area contributed by atoms with E-state index in [1.807, 2.05) is 0 Å². The predicted octanol–water partition coefficient (Wildman–Crippen LogP) is -1.15. The lowest BCUT2D eigenvalue weighted by atomic mass is 10.3. The Balaban J connectivity index is 2.70. The van der Waals surface area contributed by atoms with Gasteiger partial charge in [-0.15, -0.1) is 0 Å². The zero-order valence-electron chi connectivity index (χ0n) is 11.8. The Morgan fingerprint density at radius 1 is 1.35 bits per heavy atom. The van der Waals surface area contributed by atoms with E-state index in [0.29, 0.717) is 6.42 Å². The summed E-state index contributed by atoms with van der Waals surface area (Å²) >= 11 is 0. The molecule has 0 spiro atoms. The van der Waals surface area contributed by atoms with Gasteiger partial charge in [0.25, 0.3) is 10.2 Å². The van der Waals surface area contributed by atoms with E-state index < -0.39 is 32.1 Å². The van der Waals surface area contributed by atoms with Crippen molar-refractivity contribution in [2.24, 2.45) is 0 Å². The zero-order chi connectivity index (χ0) is 15.6. The number of methoxy groups -OCH3 is 1. The van der Waals surface area contributed by atoms with Gasteiger partial charge in [0, 0.05) is 26.7 Å². The third-order valence-corrected chi connectivity index (χ3v) is 7.09. The monoisotopic (exact) mass is 328 g/mol. The first-order valence-electron chi connectivity index (χ1n) is 6.06. The number of ether oxygens (including phenoxy) is 1. The van der Waals surface area contributed by atoms with Crippen molar-refractivity contribution in [2.75, 3.05) is 39.3 Å². The number of hydrogen-bond acceptors (Lipinski definition) is 6. The Hall–Kier alpha value is -0.710. The maximum atomic E-state index is 12.2. The Kier molecular flexibility index (Phi) is 5.53. The minimum Gasteiger partial charge on any atom is -0.469 e. The van der Waals surface area contributed by atoms with E-state index in [4.69, 9.17) is 0 Å². The molecule has 1 fully saturated rings. The normalized spacial score (nSPS) is 22.4. The van der Waals surface area contributed by atoms with Crippen LogP contribution in [0.5, 0.6) is 0 Å². The SMILES string of the molecule is COC(=O)CCN(C)S(=O)(=O)N(C)C1CCS(=O)(=O)C1. The van der Waals surface area contributed by atoms with Crippen molar-refractivity contribution in [1.82, 2.24) is 8.61 Å². The Morgan fingerprint density at radius 2 is 1.95 bits per heavy atom. The third kappa shape index (κ3) is 4.14. The van der Waals surface area contributed by atoms with E-state index in [0.717, 1.165) is 8.61 Å². The number of carbonyl (C=O) groups is 1. The second-order valence-electron chi connectivity index (χ2n) is 4.73. The molecule has 1 atom stereocenters. The summed E-state index contributed by atoms with van der Waals surface area (Å²) in [6, 6.07) is -0.550. The molecule has 1 unspecified atom stereocenters. The molecule has 1 aliphatic heterocycles. The summed E-state index contributed by atoms with van der Waals surface area (Å²) in [5.41, 5.74) is 0. The minimum atomic E-state index is -3.78. The molecule has 0 aromatic rings. The van der Waals surface area contributed by atoms with Crippen molar-refractivity contribution in [3.63, 3.8) is 0 Å². The highest BCUT2D eigenvalue weighted by atomic mass is 32.2. The Labute approximate surface area is 119 Å². The lowest BCUT2D eigenvalue weighted by Gasteiger charge is -2.27. The van der Waals surface area contributed by atoms with Crippen LogP contribution in [0.3, 0.4) is 0 Å². The number of carbonyl (C=O) groups excluding carboxylic acids is 1. The van der Waals surface area contributed by atoms with Crippen molar-refractivity contribution in [2.45, 2.75) is 18.9 Å². The molecule has 1 saturated heterocycles. The van der Waals surface area contributed by atoms with Crippen molar-refractivity contribution >= 4 is 26.0 Å².